The summed E-state index contributed by atoms with van der Waals surface area (Å²) in [6.45, 7) is 8.75. The van der Waals surface area contributed by atoms with Gasteiger partial charge in [0.1, 0.15) is 11.6 Å². The topological polar surface area (TPSA) is 80.8 Å². The van der Waals surface area contributed by atoms with E-state index in [0.717, 1.165) is 60.1 Å². The van der Waals surface area contributed by atoms with Crippen LogP contribution in [0.15, 0.2) is 48.7 Å². The molecule has 1 aromatic heterocycles. The largest absolute Gasteiger partial charge is 0.496 e. The number of rotatable bonds is 10. The van der Waals surface area contributed by atoms with Crippen LogP contribution in [0.4, 0.5) is 10.1 Å². The van der Waals surface area contributed by atoms with Crippen molar-refractivity contribution in [3.8, 4) is 22.8 Å². The molecule has 1 fully saturated rings. The second-order valence-electron chi connectivity index (χ2n) is 11.0. The van der Waals surface area contributed by atoms with Crippen molar-refractivity contribution in [2.75, 3.05) is 44.3 Å². The molecule has 2 heterocycles. The molecule has 1 aliphatic rings. The molecule has 0 spiro atoms. The number of sulfonamides is 1. The quantitative estimate of drug-likeness (QED) is 0.294. The van der Waals surface area contributed by atoms with Crippen molar-refractivity contribution >= 4 is 27.9 Å². The SMILES string of the molecule is COc1ncc(F)cc1-c1cc(C=Cc2ccc(NS(=O)(=O)CCN3CCCC3)cc2)c(OC)c(C(C)(C)C)c1. The van der Waals surface area contributed by atoms with E-state index in [1.807, 2.05) is 36.4 Å². The van der Waals surface area contributed by atoms with Gasteiger partial charge < -0.3 is 14.4 Å². The van der Waals surface area contributed by atoms with Gasteiger partial charge >= 0.3 is 0 Å². The predicted molar refractivity (Wildman–Crippen MR) is 160 cm³/mol. The molecule has 0 bridgehead atoms. The highest BCUT2D eigenvalue weighted by Crippen LogP contribution is 2.40. The number of nitrogens with zero attached hydrogens (tertiary/aromatic N) is 2. The van der Waals surface area contributed by atoms with Gasteiger partial charge in [-0.25, -0.2) is 17.8 Å². The van der Waals surface area contributed by atoms with Crippen molar-refractivity contribution in [2.24, 2.45) is 0 Å². The average molecular weight is 568 g/mol. The van der Waals surface area contributed by atoms with Crippen molar-refractivity contribution in [3.05, 3.63) is 71.2 Å². The summed E-state index contributed by atoms with van der Waals surface area (Å²) < 4.78 is 53.2. The maximum absolute atomic E-state index is 14.2. The molecular weight excluding hydrogens is 529 g/mol. The van der Waals surface area contributed by atoms with Gasteiger partial charge in [-0.15, -0.1) is 0 Å². The van der Waals surface area contributed by atoms with Crippen molar-refractivity contribution in [1.82, 2.24) is 9.88 Å². The monoisotopic (exact) mass is 567 g/mol. The standard InChI is InChI=1S/C31H38FN3O4S/c1-31(2,3)28-19-24(27-20-25(32)21-33-30(27)39-5)18-23(29(28)38-4)11-8-22-9-12-26(13-10-22)34-40(36,37)17-16-35-14-6-7-15-35/h8-13,18-21,34H,6-7,14-17H2,1-5H3. The fourth-order valence-electron chi connectivity index (χ4n) is 4.85. The number of aromatic nitrogens is 1. The number of ether oxygens (including phenoxy) is 2. The van der Waals surface area contributed by atoms with Crippen LogP contribution in [0.25, 0.3) is 23.3 Å². The zero-order valence-electron chi connectivity index (χ0n) is 23.8. The third-order valence-electron chi connectivity index (χ3n) is 6.97. The van der Waals surface area contributed by atoms with E-state index >= 15 is 0 Å². The first-order valence-electron chi connectivity index (χ1n) is 13.4. The van der Waals surface area contributed by atoms with Crippen LogP contribution in [0.2, 0.25) is 0 Å². The summed E-state index contributed by atoms with van der Waals surface area (Å²) in [6, 6.07) is 12.5. The zero-order valence-corrected chi connectivity index (χ0v) is 24.6. The molecule has 0 saturated carbocycles. The molecule has 214 valence electrons. The van der Waals surface area contributed by atoms with Crippen molar-refractivity contribution < 1.29 is 22.3 Å². The molecule has 0 aliphatic carbocycles. The van der Waals surface area contributed by atoms with Gasteiger partial charge in [-0.3, -0.25) is 4.72 Å². The van der Waals surface area contributed by atoms with E-state index in [0.29, 0.717) is 23.7 Å². The molecule has 1 saturated heterocycles. The Balaban J connectivity index is 1.60. The Labute approximate surface area is 237 Å². The number of hydrogen-bond acceptors (Lipinski definition) is 6. The third kappa shape index (κ3) is 7.40. The molecule has 1 N–H and O–H groups in total. The van der Waals surface area contributed by atoms with Gasteiger partial charge in [-0.2, -0.15) is 0 Å². The van der Waals surface area contributed by atoms with Gasteiger partial charge in [0, 0.05) is 28.9 Å². The van der Waals surface area contributed by atoms with E-state index in [1.54, 1.807) is 19.2 Å². The van der Waals surface area contributed by atoms with Crippen LogP contribution in [0.3, 0.4) is 0 Å². The van der Waals surface area contributed by atoms with E-state index in [1.165, 1.54) is 13.2 Å². The normalized spacial score (nSPS) is 14.6. The van der Waals surface area contributed by atoms with Crippen LogP contribution in [0.5, 0.6) is 11.6 Å². The lowest BCUT2D eigenvalue weighted by molar-refractivity contribution is 0.359. The molecule has 7 nitrogen and oxygen atoms in total. The van der Waals surface area contributed by atoms with E-state index in [2.05, 4.69) is 35.4 Å². The number of halogens is 1. The average Bonchev–Trinajstić information content (AvgIpc) is 3.44. The molecule has 40 heavy (non-hydrogen) atoms. The highest BCUT2D eigenvalue weighted by Gasteiger charge is 2.23. The molecule has 0 amide bonds. The number of methoxy groups -OCH3 is 2. The lowest BCUT2D eigenvalue weighted by atomic mass is 9.83. The Morgan fingerprint density at radius 3 is 2.35 bits per heavy atom. The van der Waals surface area contributed by atoms with Crippen LogP contribution >= 0.6 is 0 Å². The van der Waals surface area contributed by atoms with Crippen LogP contribution in [-0.2, 0) is 15.4 Å². The number of nitrogens with one attached hydrogen (secondary N) is 1. The Morgan fingerprint density at radius 2 is 1.73 bits per heavy atom. The van der Waals surface area contributed by atoms with E-state index < -0.39 is 15.8 Å². The molecule has 3 aromatic rings. The van der Waals surface area contributed by atoms with Crippen molar-refractivity contribution in [3.63, 3.8) is 0 Å². The molecule has 0 unspecified atom stereocenters. The number of anilines is 1. The summed E-state index contributed by atoms with van der Waals surface area (Å²) in [5.74, 6) is 0.679. The number of hydrogen-bond donors (Lipinski definition) is 1. The molecule has 0 radical (unpaired) electrons. The van der Waals surface area contributed by atoms with Gasteiger partial charge in [0.15, 0.2) is 0 Å². The number of pyridine rings is 1. The fourth-order valence-corrected chi connectivity index (χ4v) is 5.94. The van der Waals surface area contributed by atoms with Crippen molar-refractivity contribution in [2.45, 2.75) is 39.0 Å². The van der Waals surface area contributed by atoms with Gasteiger partial charge in [-0.1, -0.05) is 45.1 Å². The Morgan fingerprint density at radius 1 is 1.02 bits per heavy atom. The fraction of sp³-hybridized carbons (Fsp3) is 0.387. The third-order valence-corrected chi connectivity index (χ3v) is 8.23. The van der Waals surface area contributed by atoms with Crippen LogP contribution in [-0.4, -0.2) is 57.9 Å². The minimum Gasteiger partial charge on any atom is -0.496 e. The maximum Gasteiger partial charge on any atom is 0.233 e. The zero-order chi connectivity index (χ0) is 28.9. The van der Waals surface area contributed by atoms with E-state index in [9.17, 15) is 12.8 Å². The van der Waals surface area contributed by atoms with Gasteiger partial charge in [0.05, 0.1) is 26.2 Å². The summed E-state index contributed by atoms with van der Waals surface area (Å²) in [5, 5.41) is 0. The molecular formula is C31H38FN3O4S. The minimum atomic E-state index is -3.43. The summed E-state index contributed by atoms with van der Waals surface area (Å²) in [5.41, 5.74) is 4.22. The Kier molecular flexibility index (Phi) is 9.15. The molecule has 1 aliphatic heterocycles. The lowest BCUT2D eigenvalue weighted by Gasteiger charge is -2.25. The van der Waals surface area contributed by atoms with Crippen LogP contribution < -0.4 is 14.2 Å². The van der Waals surface area contributed by atoms with Crippen LogP contribution in [0, 0.1) is 5.82 Å². The first kappa shape index (κ1) is 29.6. The molecule has 9 heteroatoms. The maximum atomic E-state index is 14.2. The summed E-state index contributed by atoms with van der Waals surface area (Å²) in [7, 11) is -0.281. The van der Waals surface area contributed by atoms with Gasteiger partial charge in [0.2, 0.25) is 15.9 Å². The van der Waals surface area contributed by atoms with Crippen molar-refractivity contribution in [1.29, 1.82) is 0 Å². The first-order valence-corrected chi connectivity index (χ1v) is 15.1. The summed E-state index contributed by atoms with van der Waals surface area (Å²) >= 11 is 0. The second kappa shape index (κ2) is 12.4. The molecule has 4 rings (SSSR count). The second-order valence-corrected chi connectivity index (χ2v) is 12.9. The highest BCUT2D eigenvalue weighted by atomic mass is 32.2. The minimum absolute atomic E-state index is 0.0759. The first-order chi connectivity index (χ1) is 19.0. The van der Waals surface area contributed by atoms with E-state index in [-0.39, 0.29) is 11.2 Å². The summed E-state index contributed by atoms with van der Waals surface area (Å²) in [4.78, 5) is 6.28. The summed E-state index contributed by atoms with van der Waals surface area (Å²) in [6.07, 6.45) is 7.26. The Hall–Kier alpha value is -3.43. The van der Waals surface area contributed by atoms with Gasteiger partial charge in [-0.05, 0) is 72.8 Å². The smallest absolute Gasteiger partial charge is 0.233 e. The molecule has 2 aromatic carbocycles. The van der Waals surface area contributed by atoms with Gasteiger partial charge in [0.25, 0.3) is 0 Å². The highest BCUT2D eigenvalue weighted by molar-refractivity contribution is 7.92. The lowest BCUT2D eigenvalue weighted by Crippen LogP contribution is -2.29. The molecule has 0 atom stereocenters. The predicted octanol–water partition coefficient (Wildman–Crippen LogP) is 6.21. The van der Waals surface area contributed by atoms with Crippen LogP contribution in [0.1, 0.15) is 50.3 Å². The Bertz CT molecular complexity index is 1460. The van der Waals surface area contributed by atoms with E-state index in [4.69, 9.17) is 9.47 Å². The number of likely N-dealkylation sites (tertiary alicyclic amines) is 1. The number of benzene rings is 2.